The fraction of sp³-hybridized carbons (Fsp3) is 0.235. The van der Waals surface area contributed by atoms with Gasteiger partial charge in [0.1, 0.15) is 17.9 Å². The number of amides is 1. The van der Waals surface area contributed by atoms with Crippen LogP contribution in [0.25, 0.3) is 11.3 Å². The Labute approximate surface area is 168 Å². The van der Waals surface area contributed by atoms with Gasteiger partial charge in [0.25, 0.3) is 5.91 Å². The Balaban J connectivity index is 2.51. The van der Waals surface area contributed by atoms with Crippen molar-refractivity contribution in [2.24, 2.45) is 0 Å². The van der Waals surface area contributed by atoms with E-state index in [0.717, 1.165) is 6.07 Å². The maximum atomic E-state index is 14.7. The average molecular weight is 434 g/mol. The van der Waals surface area contributed by atoms with Crippen LogP contribution in [0, 0.1) is 11.6 Å². The van der Waals surface area contributed by atoms with Crippen molar-refractivity contribution in [2.75, 3.05) is 26.0 Å². The zero-order valence-corrected chi connectivity index (χ0v) is 16.3. The van der Waals surface area contributed by atoms with Crippen LogP contribution < -0.4 is 15.8 Å². The van der Waals surface area contributed by atoms with Gasteiger partial charge in [-0.1, -0.05) is 23.2 Å². The van der Waals surface area contributed by atoms with E-state index < -0.39 is 52.2 Å². The molecule has 11 heteroatoms. The lowest BCUT2D eigenvalue weighted by Crippen LogP contribution is -2.31. The van der Waals surface area contributed by atoms with Gasteiger partial charge in [-0.25, -0.2) is 13.8 Å². The largest absolute Gasteiger partial charge is 0.492 e. The summed E-state index contributed by atoms with van der Waals surface area (Å²) in [4.78, 5) is 27.5. The minimum atomic E-state index is -1.13. The number of hydrogen-bond acceptors (Lipinski definition) is 6. The first-order valence-electron chi connectivity index (χ1n) is 7.83. The second-order valence-electron chi connectivity index (χ2n) is 5.28. The van der Waals surface area contributed by atoms with Crippen LogP contribution in [-0.2, 0) is 9.53 Å². The highest BCUT2D eigenvalue weighted by Gasteiger charge is 2.25. The Morgan fingerprint density at radius 1 is 1.25 bits per heavy atom. The van der Waals surface area contributed by atoms with Crippen molar-refractivity contribution in [2.45, 2.75) is 6.92 Å². The van der Waals surface area contributed by atoms with Crippen molar-refractivity contribution < 1.29 is 27.8 Å². The van der Waals surface area contributed by atoms with Crippen LogP contribution in [0.15, 0.2) is 12.1 Å². The van der Waals surface area contributed by atoms with E-state index in [2.05, 4.69) is 15.0 Å². The van der Waals surface area contributed by atoms with Crippen LogP contribution >= 0.6 is 23.2 Å². The Hall–Kier alpha value is -2.65. The molecular weight excluding hydrogens is 419 g/mol. The molecule has 0 fully saturated rings. The molecule has 0 atom stereocenters. The van der Waals surface area contributed by atoms with Gasteiger partial charge >= 0.3 is 5.97 Å². The second kappa shape index (κ2) is 9.03. The first-order valence-corrected chi connectivity index (χ1v) is 8.59. The number of ether oxygens (including phenoxy) is 2. The molecule has 0 radical (unpaired) electrons. The molecule has 0 saturated heterocycles. The maximum Gasteiger partial charge on any atom is 0.325 e. The van der Waals surface area contributed by atoms with Gasteiger partial charge in [0, 0.05) is 5.56 Å². The van der Waals surface area contributed by atoms with E-state index in [0.29, 0.717) is 0 Å². The van der Waals surface area contributed by atoms with Crippen LogP contribution in [0.2, 0.25) is 10.0 Å². The van der Waals surface area contributed by atoms with Gasteiger partial charge in [-0.3, -0.25) is 9.59 Å². The summed E-state index contributed by atoms with van der Waals surface area (Å²) in [5.74, 6) is -4.08. The number of halogens is 4. The van der Waals surface area contributed by atoms with Crippen molar-refractivity contribution in [1.82, 2.24) is 10.3 Å². The molecule has 2 rings (SSSR count). The number of nitrogens with one attached hydrogen (secondary N) is 1. The van der Waals surface area contributed by atoms with Gasteiger partial charge < -0.3 is 20.5 Å². The summed E-state index contributed by atoms with van der Waals surface area (Å²) in [6.07, 6.45) is 0. The molecule has 0 bridgehead atoms. The highest BCUT2D eigenvalue weighted by molar-refractivity contribution is 6.36. The fourth-order valence-electron chi connectivity index (χ4n) is 2.24. The highest BCUT2D eigenvalue weighted by Crippen LogP contribution is 2.38. The molecule has 150 valence electrons. The van der Waals surface area contributed by atoms with E-state index in [1.807, 2.05) is 0 Å². The Morgan fingerprint density at radius 3 is 2.54 bits per heavy atom. The minimum absolute atomic E-state index is 0.0431. The van der Waals surface area contributed by atoms with E-state index in [1.165, 1.54) is 13.2 Å². The van der Waals surface area contributed by atoms with Crippen molar-refractivity contribution >= 4 is 40.8 Å². The number of esters is 1. The maximum absolute atomic E-state index is 14.7. The quantitative estimate of drug-likeness (QED) is 0.677. The lowest BCUT2D eigenvalue weighted by Gasteiger charge is -2.14. The highest BCUT2D eigenvalue weighted by atomic mass is 35.5. The van der Waals surface area contributed by atoms with Gasteiger partial charge in [0.05, 0.1) is 29.4 Å². The van der Waals surface area contributed by atoms with Crippen LogP contribution in [0.1, 0.15) is 17.4 Å². The number of carbonyl (C=O) groups excluding carboxylic acids is 2. The summed E-state index contributed by atoms with van der Waals surface area (Å²) >= 11 is 11.7. The van der Waals surface area contributed by atoms with Crippen LogP contribution in [-0.4, -0.2) is 37.1 Å². The monoisotopic (exact) mass is 433 g/mol. The summed E-state index contributed by atoms with van der Waals surface area (Å²) in [7, 11) is 1.18. The van der Waals surface area contributed by atoms with E-state index in [-0.39, 0.29) is 22.9 Å². The van der Waals surface area contributed by atoms with Gasteiger partial charge in [0.2, 0.25) is 0 Å². The number of nitrogen functional groups attached to an aromatic ring is 1. The fourth-order valence-corrected chi connectivity index (χ4v) is 2.68. The molecule has 28 heavy (non-hydrogen) atoms. The number of rotatable bonds is 6. The number of hydrogen-bond donors (Lipinski definition) is 2. The van der Waals surface area contributed by atoms with E-state index in [1.54, 1.807) is 6.92 Å². The number of pyridine rings is 1. The van der Waals surface area contributed by atoms with Gasteiger partial charge in [0.15, 0.2) is 17.4 Å². The lowest BCUT2D eigenvalue weighted by molar-refractivity contribution is -0.141. The topological polar surface area (TPSA) is 104 Å². The number of benzene rings is 1. The zero-order valence-electron chi connectivity index (χ0n) is 14.7. The molecule has 0 unspecified atom stereocenters. The normalized spacial score (nSPS) is 10.5. The average Bonchev–Trinajstić information content (AvgIpc) is 2.66. The molecule has 0 spiro atoms. The predicted molar refractivity (Wildman–Crippen MR) is 99.5 cm³/mol. The van der Waals surface area contributed by atoms with E-state index in [4.69, 9.17) is 33.7 Å². The van der Waals surface area contributed by atoms with Crippen molar-refractivity contribution in [3.63, 3.8) is 0 Å². The second-order valence-corrected chi connectivity index (χ2v) is 6.07. The molecule has 3 N–H and O–H groups in total. The van der Waals surface area contributed by atoms with Gasteiger partial charge in [-0.05, 0) is 19.1 Å². The summed E-state index contributed by atoms with van der Waals surface area (Å²) in [5.41, 5.74) is 3.59. The predicted octanol–water partition coefficient (Wildman–Crippen LogP) is 3.22. The summed E-state index contributed by atoms with van der Waals surface area (Å²) in [6.45, 7) is 1.25. The van der Waals surface area contributed by atoms with Crippen molar-refractivity contribution in [3.05, 3.63) is 39.5 Å². The number of methoxy groups -OCH3 is 1. The number of aromatic nitrogens is 1. The molecule has 0 saturated carbocycles. The number of anilines is 1. The summed E-state index contributed by atoms with van der Waals surface area (Å²) in [6, 6.07) is 2.42. The molecule has 0 aliphatic rings. The first kappa shape index (κ1) is 21.6. The summed E-state index contributed by atoms with van der Waals surface area (Å²) in [5, 5.41) is 1.69. The molecule has 0 aliphatic carbocycles. The standard InChI is InChI=1S/C17H15Cl2F2N3O4/c1-3-28-9(25)6-23-17(26)15-10(19)13(22)12(21)14(24-15)7-4-5-8(18)16(27-2)11(7)20/h4-5H,3,6H2,1-2H3,(H2,22,24)(H,23,26). The molecular formula is C17H15Cl2F2N3O4. The Kier molecular flexibility index (Phi) is 6.98. The minimum Gasteiger partial charge on any atom is -0.492 e. The third kappa shape index (κ3) is 4.26. The summed E-state index contributed by atoms with van der Waals surface area (Å²) < 4.78 is 38.8. The van der Waals surface area contributed by atoms with Crippen LogP contribution in [0.5, 0.6) is 5.75 Å². The molecule has 0 aliphatic heterocycles. The van der Waals surface area contributed by atoms with Crippen molar-refractivity contribution in [1.29, 1.82) is 0 Å². The number of nitrogens with two attached hydrogens (primary N) is 1. The molecule has 1 aromatic carbocycles. The molecule has 7 nitrogen and oxygen atoms in total. The van der Waals surface area contributed by atoms with Crippen LogP contribution in [0.3, 0.4) is 0 Å². The third-order valence-corrected chi connectivity index (χ3v) is 4.21. The lowest BCUT2D eigenvalue weighted by atomic mass is 10.1. The van der Waals surface area contributed by atoms with Gasteiger partial charge in [-0.15, -0.1) is 0 Å². The Morgan fingerprint density at radius 2 is 1.93 bits per heavy atom. The van der Waals surface area contributed by atoms with E-state index in [9.17, 15) is 18.4 Å². The van der Waals surface area contributed by atoms with Crippen molar-refractivity contribution in [3.8, 4) is 17.0 Å². The number of nitrogens with zero attached hydrogens (tertiary/aromatic N) is 1. The van der Waals surface area contributed by atoms with Gasteiger partial charge in [-0.2, -0.15) is 0 Å². The number of carbonyl (C=O) groups is 2. The smallest absolute Gasteiger partial charge is 0.325 e. The SMILES string of the molecule is CCOC(=O)CNC(=O)c1nc(-c2ccc(Cl)c(OC)c2F)c(F)c(N)c1Cl. The molecule has 1 aromatic heterocycles. The Bertz CT molecular complexity index is 941. The molecule has 2 aromatic rings. The third-order valence-electron chi connectivity index (χ3n) is 3.53. The van der Waals surface area contributed by atoms with E-state index >= 15 is 0 Å². The molecule has 1 amide bonds. The molecule has 1 heterocycles. The first-order chi connectivity index (χ1) is 13.2. The zero-order chi connectivity index (χ0) is 21.0. The van der Waals surface area contributed by atoms with Crippen LogP contribution in [0.4, 0.5) is 14.5 Å².